The largest absolute Gasteiger partial charge is 0.481 e. The van der Waals surface area contributed by atoms with E-state index in [9.17, 15) is 13.2 Å². The number of aliphatic carboxylic acids is 1. The van der Waals surface area contributed by atoms with E-state index in [0.29, 0.717) is 14.9 Å². The molecule has 1 unspecified atom stereocenters. The third kappa shape index (κ3) is 3.27. The summed E-state index contributed by atoms with van der Waals surface area (Å²) in [4.78, 5) is 11.7. The highest BCUT2D eigenvalue weighted by Gasteiger charge is 2.21. The van der Waals surface area contributed by atoms with E-state index in [-0.39, 0.29) is 4.90 Å². The molecule has 0 heterocycles. The van der Waals surface area contributed by atoms with Crippen LogP contribution >= 0.6 is 27.7 Å². The average molecular weight is 353 g/mol. The summed E-state index contributed by atoms with van der Waals surface area (Å²) in [5.74, 6) is -1.74. The van der Waals surface area contributed by atoms with Crippen molar-refractivity contribution in [3.8, 4) is 0 Å². The standard InChI is InChI=1S/C11H13BrO4S2/c1-6(11(13)14)7-4-8(12)10(17-2)9(5-7)18(3,15)16/h4-6H,1-3H3,(H,13,14). The Morgan fingerprint density at radius 3 is 2.39 bits per heavy atom. The van der Waals surface area contributed by atoms with Crippen molar-refractivity contribution in [1.29, 1.82) is 0 Å². The highest BCUT2D eigenvalue weighted by atomic mass is 79.9. The summed E-state index contributed by atoms with van der Waals surface area (Å²) in [5.41, 5.74) is 0.465. The van der Waals surface area contributed by atoms with E-state index in [1.54, 1.807) is 12.3 Å². The first kappa shape index (κ1) is 15.5. The summed E-state index contributed by atoms with van der Waals surface area (Å²) in [7, 11) is -3.39. The summed E-state index contributed by atoms with van der Waals surface area (Å²) in [6.45, 7) is 1.52. The minimum atomic E-state index is -3.39. The van der Waals surface area contributed by atoms with Crippen LogP contribution in [0.5, 0.6) is 0 Å². The molecule has 0 fully saturated rings. The van der Waals surface area contributed by atoms with Crippen LogP contribution in [0.2, 0.25) is 0 Å². The van der Waals surface area contributed by atoms with E-state index in [1.807, 2.05) is 0 Å². The molecular weight excluding hydrogens is 340 g/mol. The van der Waals surface area contributed by atoms with Gasteiger partial charge in [-0.25, -0.2) is 8.42 Å². The van der Waals surface area contributed by atoms with Gasteiger partial charge in [0.05, 0.1) is 10.8 Å². The van der Waals surface area contributed by atoms with Crippen molar-refractivity contribution >= 4 is 43.5 Å². The number of benzene rings is 1. The molecule has 1 rings (SSSR count). The molecule has 0 spiro atoms. The highest BCUT2D eigenvalue weighted by molar-refractivity contribution is 9.10. The Labute approximate surface area is 119 Å². The van der Waals surface area contributed by atoms with Crippen LogP contribution in [0.1, 0.15) is 18.4 Å². The zero-order chi connectivity index (χ0) is 14.1. The second kappa shape index (κ2) is 5.63. The Bertz CT molecular complexity index is 581. The lowest BCUT2D eigenvalue weighted by atomic mass is 10.0. The lowest BCUT2D eigenvalue weighted by molar-refractivity contribution is -0.138. The third-order valence-corrected chi connectivity index (χ3v) is 5.49. The summed E-state index contributed by atoms with van der Waals surface area (Å²) < 4.78 is 24.1. The molecular formula is C11H13BrO4S2. The molecule has 18 heavy (non-hydrogen) atoms. The Morgan fingerprint density at radius 1 is 1.44 bits per heavy atom. The lowest BCUT2D eigenvalue weighted by Gasteiger charge is -2.13. The lowest BCUT2D eigenvalue weighted by Crippen LogP contribution is -2.09. The van der Waals surface area contributed by atoms with Crippen molar-refractivity contribution in [2.75, 3.05) is 12.5 Å². The first-order valence-electron chi connectivity index (χ1n) is 4.98. The molecule has 0 radical (unpaired) electrons. The number of thioether (sulfide) groups is 1. The normalized spacial score (nSPS) is 13.3. The van der Waals surface area contributed by atoms with Gasteiger partial charge in [-0.3, -0.25) is 4.79 Å². The van der Waals surface area contributed by atoms with Crippen molar-refractivity contribution in [1.82, 2.24) is 0 Å². The number of carboxylic acids is 1. The minimum absolute atomic E-state index is 0.160. The maximum atomic E-state index is 11.7. The molecule has 0 aliphatic rings. The molecule has 0 amide bonds. The molecule has 0 aliphatic heterocycles. The molecule has 1 N–H and O–H groups in total. The quantitative estimate of drug-likeness (QED) is 0.843. The molecule has 0 saturated carbocycles. The monoisotopic (exact) mass is 352 g/mol. The summed E-state index contributed by atoms with van der Waals surface area (Å²) in [6.07, 6.45) is 2.89. The van der Waals surface area contributed by atoms with E-state index < -0.39 is 21.7 Å². The number of hydrogen-bond acceptors (Lipinski definition) is 4. The number of rotatable bonds is 4. The van der Waals surface area contributed by atoms with E-state index in [1.165, 1.54) is 24.8 Å². The molecule has 4 nitrogen and oxygen atoms in total. The SMILES string of the molecule is CSc1c(Br)cc(C(C)C(=O)O)cc1S(C)(=O)=O. The van der Waals surface area contributed by atoms with Crippen molar-refractivity contribution in [3.63, 3.8) is 0 Å². The van der Waals surface area contributed by atoms with Gasteiger partial charge in [-0.05, 0) is 46.8 Å². The number of sulfone groups is 1. The van der Waals surface area contributed by atoms with Gasteiger partial charge in [-0.15, -0.1) is 11.8 Å². The van der Waals surface area contributed by atoms with Gasteiger partial charge in [-0.1, -0.05) is 0 Å². The van der Waals surface area contributed by atoms with Crippen LogP contribution in [0.4, 0.5) is 0 Å². The maximum absolute atomic E-state index is 11.7. The Balaban J connectivity index is 3.55. The van der Waals surface area contributed by atoms with Crippen LogP contribution in [0.25, 0.3) is 0 Å². The van der Waals surface area contributed by atoms with Crippen LogP contribution in [0, 0.1) is 0 Å². The van der Waals surface area contributed by atoms with Crippen LogP contribution in [-0.2, 0) is 14.6 Å². The zero-order valence-electron chi connectivity index (χ0n) is 10.1. The minimum Gasteiger partial charge on any atom is -0.481 e. The first-order valence-corrected chi connectivity index (χ1v) is 8.89. The van der Waals surface area contributed by atoms with Gasteiger partial charge in [0, 0.05) is 15.6 Å². The van der Waals surface area contributed by atoms with Crippen LogP contribution in [0.3, 0.4) is 0 Å². The second-order valence-electron chi connectivity index (χ2n) is 3.87. The van der Waals surface area contributed by atoms with Gasteiger partial charge >= 0.3 is 5.97 Å². The average Bonchev–Trinajstić information content (AvgIpc) is 2.25. The fourth-order valence-electron chi connectivity index (χ4n) is 1.45. The van der Waals surface area contributed by atoms with Gasteiger partial charge < -0.3 is 5.11 Å². The number of carboxylic acid groups (broad SMARTS) is 1. The number of halogens is 1. The van der Waals surface area contributed by atoms with E-state index in [2.05, 4.69) is 15.9 Å². The fraction of sp³-hybridized carbons (Fsp3) is 0.364. The van der Waals surface area contributed by atoms with Crippen molar-refractivity contribution in [2.24, 2.45) is 0 Å². The fourth-order valence-corrected chi connectivity index (χ4v) is 4.56. The van der Waals surface area contributed by atoms with Crippen molar-refractivity contribution < 1.29 is 18.3 Å². The van der Waals surface area contributed by atoms with Gasteiger partial charge in [0.25, 0.3) is 0 Å². The van der Waals surface area contributed by atoms with Gasteiger partial charge in [0.2, 0.25) is 0 Å². The van der Waals surface area contributed by atoms with Crippen LogP contribution in [0.15, 0.2) is 26.4 Å². The highest BCUT2D eigenvalue weighted by Crippen LogP contribution is 2.35. The Morgan fingerprint density at radius 2 is 2.00 bits per heavy atom. The van der Waals surface area contributed by atoms with Gasteiger partial charge in [0.15, 0.2) is 9.84 Å². The van der Waals surface area contributed by atoms with E-state index in [4.69, 9.17) is 5.11 Å². The molecule has 0 aliphatic carbocycles. The van der Waals surface area contributed by atoms with Gasteiger partial charge in [-0.2, -0.15) is 0 Å². The molecule has 0 bridgehead atoms. The predicted molar refractivity (Wildman–Crippen MR) is 75.1 cm³/mol. The third-order valence-electron chi connectivity index (χ3n) is 2.51. The number of hydrogen-bond donors (Lipinski definition) is 1. The van der Waals surface area contributed by atoms with Crippen molar-refractivity contribution in [3.05, 3.63) is 22.2 Å². The summed E-state index contributed by atoms with van der Waals surface area (Å²) in [6, 6.07) is 3.09. The topological polar surface area (TPSA) is 71.4 Å². The predicted octanol–water partition coefficient (Wildman–Crippen LogP) is 2.76. The van der Waals surface area contributed by atoms with Crippen LogP contribution in [-0.4, -0.2) is 32.0 Å². The zero-order valence-corrected chi connectivity index (χ0v) is 13.3. The van der Waals surface area contributed by atoms with Gasteiger partial charge in [0.1, 0.15) is 0 Å². The molecule has 0 saturated heterocycles. The Kier molecular flexibility index (Phi) is 4.85. The Hall–Kier alpha value is -0.530. The van der Waals surface area contributed by atoms with Crippen molar-refractivity contribution in [2.45, 2.75) is 22.6 Å². The molecule has 7 heteroatoms. The molecule has 0 aromatic heterocycles. The molecule has 1 aromatic carbocycles. The van der Waals surface area contributed by atoms with Crippen LogP contribution < -0.4 is 0 Å². The molecule has 100 valence electrons. The summed E-state index contributed by atoms with van der Waals surface area (Å²) >= 11 is 4.59. The molecule has 1 aromatic rings. The molecule has 1 atom stereocenters. The summed E-state index contributed by atoms with van der Waals surface area (Å²) in [5, 5.41) is 8.98. The maximum Gasteiger partial charge on any atom is 0.310 e. The second-order valence-corrected chi connectivity index (χ2v) is 7.52. The van der Waals surface area contributed by atoms with E-state index >= 15 is 0 Å². The first-order chi connectivity index (χ1) is 8.18. The number of carbonyl (C=O) groups is 1. The smallest absolute Gasteiger partial charge is 0.310 e. The van der Waals surface area contributed by atoms with E-state index in [0.717, 1.165) is 6.26 Å².